The molecule has 1 aliphatic heterocycles. The number of carbonyl (C=O) groups excluding carboxylic acids is 1. The van der Waals surface area contributed by atoms with Gasteiger partial charge in [0.1, 0.15) is 12.4 Å². The van der Waals surface area contributed by atoms with Crippen LogP contribution in [0.5, 0.6) is 5.75 Å². The van der Waals surface area contributed by atoms with Gasteiger partial charge in [-0.1, -0.05) is 40.2 Å². The highest BCUT2D eigenvalue weighted by molar-refractivity contribution is 9.10. The lowest BCUT2D eigenvalue weighted by atomic mass is 10.2. The van der Waals surface area contributed by atoms with Gasteiger partial charge < -0.3 is 9.47 Å². The molecule has 1 aliphatic rings. The lowest BCUT2D eigenvalue weighted by molar-refractivity contribution is -0.384. The summed E-state index contributed by atoms with van der Waals surface area (Å²) >= 11 is 3.44. The minimum absolute atomic E-state index is 0.0517. The summed E-state index contributed by atoms with van der Waals surface area (Å²) in [6, 6.07) is 20.8. The van der Waals surface area contributed by atoms with E-state index in [0.29, 0.717) is 17.9 Å². The number of non-ortho nitro benzene ring substituents is 1. The molecule has 4 rings (SSSR count). The molecule has 0 fully saturated rings. The smallest absolute Gasteiger partial charge is 0.363 e. The number of halogens is 1. The fourth-order valence-corrected chi connectivity index (χ4v) is 3.35. The first-order valence-corrected chi connectivity index (χ1v) is 10.0. The highest BCUT2D eigenvalue weighted by Gasteiger charge is 2.24. The maximum Gasteiger partial charge on any atom is 0.363 e. The van der Waals surface area contributed by atoms with Crippen LogP contribution in [-0.4, -0.2) is 16.8 Å². The highest BCUT2D eigenvalue weighted by atomic mass is 79.9. The zero-order chi connectivity index (χ0) is 21.8. The molecule has 0 unspecified atom stereocenters. The molecule has 8 heteroatoms. The normalized spacial score (nSPS) is 14.3. The largest absolute Gasteiger partial charge is 0.489 e. The Bertz CT molecular complexity index is 1220. The molecule has 0 saturated carbocycles. The number of benzene rings is 3. The molecule has 0 radical (unpaired) electrons. The second-order valence-electron chi connectivity index (χ2n) is 6.63. The Labute approximate surface area is 185 Å². The molecule has 0 bridgehead atoms. The SMILES string of the molecule is O=C1OC(c2ccc([N+](=O)[O-])cc2)=N/C1=C\c1cccc(OCc2cccc(Br)c2)c1. The van der Waals surface area contributed by atoms with Crippen molar-refractivity contribution in [2.45, 2.75) is 6.61 Å². The number of aliphatic imine (C=N–C) groups is 1. The van der Waals surface area contributed by atoms with Crippen molar-refractivity contribution in [1.29, 1.82) is 0 Å². The maximum atomic E-state index is 12.2. The number of nitro benzene ring substituents is 1. The van der Waals surface area contributed by atoms with Gasteiger partial charge in [-0.15, -0.1) is 0 Å². The number of hydrogen-bond donors (Lipinski definition) is 0. The highest BCUT2D eigenvalue weighted by Crippen LogP contribution is 2.23. The van der Waals surface area contributed by atoms with E-state index in [9.17, 15) is 14.9 Å². The summed E-state index contributed by atoms with van der Waals surface area (Å²) in [5.41, 5.74) is 2.32. The fourth-order valence-electron chi connectivity index (χ4n) is 2.90. The number of nitrogens with zero attached hydrogens (tertiary/aromatic N) is 2. The number of rotatable bonds is 6. The Morgan fingerprint density at radius 1 is 1.06 bits per heavy atom. The molecule has 0 N–H and O–H groups in total. The van der Waals surface area contributed by atoms with Crippen LogP contribution >= 0.6 is 15.9 Å². The minimum Gasteiger partial charge on any atom is -0.489 e. The summed E-state index contributed by atoms with van der Waals surface area (Å²) in [6.07, 6.45) is 1.60. The quantitative estimate of drug-likeness (QED) is 0.208. The molecular formula is C23H15BrN2O5. The third-order valence-electron chi connectivity index (χ3n) is 4.40. The molecule has 3 aromatic rings. The van der Waals surface area contributed by atoms with Crippen LogP contribution in [0.15, 0.2) is 88.0 Å². The summed E-state index contributed by atoms with van der Waals surface area (Å²) in [5, 5.41) is 10.8. The fraction of sp³-hybridized carbons (Fsp3) is 0.0435. The lowest BCUT2D eigenvalue weighted by Crippen LogP contribution is -2.05. The van der Waals surface area contributed by atoms with Gasteiger partial charge in [0.05, 0.1) is 4.92 Å². The van der Waals surface area contributed by atoms with Crippen molar-refractivity contribution in [2.75, 3.05) is 0 Å². The van der Waals surface area contributed by atoms with Crippen molar-refractivity contribution >= 4 is 39.6 Å². The van der Waals surface area contributed by atoms with Crippen LogP contribution in [0.2, 0.25) is 0 Å². The van der Waals surface area contributed by atoms with Crippen LogP contribution in [0.25, 0.3) is 6.08 Å². The molecule has 0 saturated heterocycles. The van der Waals surface area contributed by atoms with Crippen molar-refractivity contribution < 1.29 is 19.2 Å². The number of cyclic esters (lactones) is 1. The number of esters is 1. The molecule has 31 heavy (non-hydrogen) atoms. The molecule has 154 valence electrons. The van der Waals surface area contributed by atoms with E-state index in [0.717, 1.165) is 15.6 Å². The number of hydrogen-bond acceptors (Lipinski definition) is 6. The summed E-state index contributed by atoms with van der Waals surface area (Å²) in [4.78, 5) is 26.7. The molecule has 0 aromatic heterocycles. The van der Waals surface area contributed by atoms with E-state index in [1.807, 2.05) is 42.5 Å². The third kappa shape index (κ3) is 5.04. The van der Waals surface area contributed by atoms with Gasteiger partial charge in [-0.3, -0.25) is 10.1 Å². The van der Waals surface area contributed by atoms with Gasteiger partial charge in [0.25, 0.3) is 5.69 Å². The van der Waals surface area contributed by atoms with Gasteiger partial charge in [-0.05, 0) is 53.6 Å². The predicted molar refractivity (Wildman–Crippen MR) is 119 cm³/mol. The molecule has 3 aromatic carbocycles. The monoisotopic (exact) mass is 478 g/mol. The Balaban J connectivity index is 1.50. The van der Waals surface area contributed by atoms with E-state index in [-0.39, 0.29) is 17.3 Å². The standard InChI is InChI=1S/C23H15BrN2O5/c24-18-5-1-4-16(11-18)14-30-20-6-2-3-15(12-20)13-21-23(27)31-22(25-21)17-7-9-19(10-8-17)26(28)29/h1-13H,14H2/b21-13-. The van der Waals surface area contributed by atoms with Crippen molar-refractivity contribution in [2.24, 2.45) is 4.99 Å². The molecule has 0 aliphatic carbocycles. The van der Waals surface area contributed by atoms with Crippen molar-refractivity contribution in [1.82, 2.24) is 0 Å². The van der Waals surface area contributed by atoms with E-state index in [1.165, 1.54) is 24.3 Å². The van der Waals surface area contributed by atoms with Gasteiger partial charge >= 0.3 is 5.97 Å². The van der Waals surface area contributed by atoms with Crippen molar-refractivity contribution in [3.05, 3.63) is 110 Å². The summed E-state index contributed by atoms with van der Waals surface area (Å²) in [6.45, 7) is 0.407. The average Bonchev–Trinajstić information content (AvgIpc) is 3.13. The summed E-state index contributed by atoms with van der Waals surface area (Å²) in [5.74, 6) is 0.169. The lowest BCUT2D eigenvalue weighted by Gasteiger charge is -2.07. The molecule has 0 spiro atoms. The van der Waals surface area contributed by atoms with E-state index >= 15 is 0 Å². The number of ether oxygens (including phenoxy) is 2. The summed E-state index contributed by atoms with van der Waals surface area (Å²) in [7, 11) is 0. The minimum atomic E-state index is -0.589. The van der Waals surface area contributed by atoms with Gasteiger partial charge in [0, 0.05) is 22.2 Å². The Morgan fingerprint density at radius 3 is 2.58 bits per heavy atom. The van der Waals surface area contributed by atoms with E-state index in [1.54, 1.807) is 12.1 Å². The van der Waals surface area contributed by atoms with Gasteiger partial charge in [-0.2, -0.15) is 0 Å². The van der Waals surface area contributed by atoms with Crippen LogP contribution in [0.3, 0.4) is 0 Å². The predicted octanol–water partition coefficient (Wildman–Crippen LogP) is 5.28. The second-order valence-corrected chi connectivity index (χ2v) is 7.55. The van der Waals surface area contributed by atoms with E-state index < -0.39 is 10.9 Å². The summed E-state index contributed by atoms with van der Waals surface area (Å²) < 4.78 is 12.0. The molecule has 7 nitrogen and oxygen atoms in total. The van der Waals surface area contributed by atoms with E-state index in [2.05, 4.69) is 20.9 Å². The third-order valence-corrected chi connectivity index (χ3v) is 4.89. The van der Waals surface area contributed by atoms with Gasteiger partial charge in [-0.25, -0.2) is 9.79 Å². The average molecular weight is 479 g/mol. The van der Waals surface area contributed by atoms with E-state index in [4.69, 9.17) is 9.47 Å². The molecule has 0 amide bonds. The van der Waals surface area contributed by atoms with Gasteiger partial charge in [0.15, 0.2) is 5.70 Å². The first-order chi connectivity index (χ1) is 15.0. The van der Waals surface area contributed by atoms with Crippen LogP contribution in [0, 0.1) is 10.1 Å². The van der Waals surface area contributed by atoms with Crippen LogP contribution in [0.1, 0.15) is 16.7 Å². The van der Waals surface area contributed by atoms with Crippen LogP contribution in [-0.2, 0) is 16.1 Å². The first kappa shape index (κ1) is 20.5. The van der Waals surface area contributed by atoms with Crippen molar-refractivity contribution in [3.63, 3.8) is 0 Å². The maximum absolute atomic E-state index is 12.2. The first-order valence-electron chi connectivity index (χ1n) is 9.23. The second kappa shape index (κ2) is 8.93. The molecule has 1 heterocycles. The molecular weight excluding hydrogens is 464 g/mol. The topological polar surface area (TPSA) is 91.0 Å². The zero-order valence-corrected chi connectivity index (χ0v) is 17.6. The molecule has 0 atom stereocenters. The number of nitro groups is 1. The van der Waals surface area contributed by atoms with Crippen LogP contribution in [0.4, 0.5) is 5.69 Å². The Kier molecular flexibility index (Phi) is 5.90. The Hall–Kier alpha value is -3.78. The zero-order valence-electron chi connectivity index (χ0n) is 16.0. The van der Waals surface area contributed by atoms with Gasteiger partial charge in [0.2, 0.25) is 5.90 Å². The Morgan fingerprint density at radius 2 is 1.84 bits per heavy atom. The van der Waals surface area contributed by atoms with Crippen LogP contribution < -0.4 is 4.74 Å². The van der Waals surface area contributed by atoms with Crippen molar-refractivity contribution in [3.8, 4) is 5.75 Å². The number of carbonyl (C=O) groups is 1.